The van der Waals surface area contributed by atoms with Crippen LogP contribution in [0.15, 0.2) is 55.4 Å². The van der Waals surface area contributed by atoms with E-state index in [-0.39, 0.29) is 36.7 Å². The quantitative estimate of drug-likeness (QED) is 0.177. The molecule has 1 aromatic carbocycles. The minimum Gasteiger partial charge on any atom is -0.480 e. The van der Waals surface area contributed by atoms with Gasteiger partial charge in [0.1, 0.15) is 31.9 Å². The van der Waals surface area contributed by atoms with E-state index in [1.165, 1.54) is 19.9 Å². The number of hydrogen-bond donors (Lipinski definition) is 3. The molecule has 0 saturated carbocycles. The van der Waals surface area contributed by atoms with Crippen molar-refractivity contribution in [3.8, 4) is 0 Å². The first kappa shape index (κ1) is 38.6. The molecule has 4 saturated heterocycles. The summed E-state index contributed by atoms with van der Waals surface area (Å²) < 4.78 is 3.66. The van der Waals surface area contributed by atoms with Gasteiger partial charge in [0, 0.05) is 27.2 Å². The summed E-state index contributed by atoms with van der Waals surface area (Å²) in [4.78, 5) is 79.2. The van der Waals surface area contributed by atoms with Crippen LogP contribution >= 0.6 is 9.24 Å². The number of carboxylic acids is 1. The summed E-state index contributed by atoms with van der Waals surface area (Å²) in [6.45, 7) is 1.88. The lowest BCUT2D eigenvalue weighted by Gasteiger charge is -2.28. The zero-order valence-electron chi connectivity index (χ0n) is 29.0. The summed E-state index contributed by atoms with van der Waals surface area (Å²) in [6, 6.07) is 7.72. The van der Waals surface area contributed by atoms with Gasteiger partial charge < -0.3 is 24.0 Å². The van der Waals surface area contributed by atoms with Crippen LogP contribution in [-0.4, -0.2) is 112 Å². The fourth-order valence-electron chi connectivity index (χ4n) is 6.31. The lowest BCUT2D eigenvalue weighted by atomic mass is 10.0. The molecule has 52 heavy (non-hydrogen) atoms. The van der Waals surface area contributed by atoms with Gasteiger partial charge >= 0.3 is 18.0 Å². The number of amides is 5. The molecule has 5 amide bonds. The molecule has 0 radical (unpaired) electrons. The number of carbonyl (C=O) groups is 4. The fraction of sp³-hybridized carbons (Fsp3) is 0.500. The zero-order chi connectivity index (χ0) is 37.2. The predicted octanol–water partition coefficient (Wildman–Crippen LogP) is 1.28. The molecule has 1 unspecified atom stereocenters. The second kappa shape index (κ2) is 18.2. The maximum atomic E-state index is 12.3. The van der Waals surface area contributed by atoms with Crippen molar-refractivity contribution in [1.29, 1.82) is 0 Å². The predicted molar refractivity (Wildman–Crippen MR) is 184 cm³/mol. The maximum absolute atomic E-state index is 12.3. The third-order valence-electron chi connectivity index (χ3n) is 9.12. The number of nitrogens with zero attached hydrogens (tertiary/aromatic N) is 8. The van der Waals surface area contributed by atoms with E-state index >= 15 is 0 Å². The second-order valence-electron chi connectivity index (χ2n) is 12.5. The van der Waals surface area contributed by atoms with Crippen LogP contribution in [-0.2, 0) is 62.9 Å². The molecule has 0 spiro atoms. The Balaban J connectivity index is 0.000000164. The van der Waals surface area contributed by atoms with Crippen LogP contribution in [0.25, 0.3) is 0 Å². The molecule has 3 aromatic rings. The number of carbonyl (C=O) groups excluding carboxylic acids is 3. The number of fused-ring (bicyclic) bond motifs is 4. The first-order valence-corrected chi connectivity index (χ1v) is 17.5. The van der Waals surface area contributed by atoms with Gasteiger partial charge in [0.2, 0.25) is 0 Å². The molecule has 4 aliphatic heterocycles. The number of nitrogens with one attached hydrogen (secondary N) is 1. The van der Waals surface area contributed by atoms with Crippen LogP contribution in [0.4, 0.5) is 9.59 Å². The van der Waals surface area contributed by atoms with Crippen molar-refractivity contribution in [3.63, 3.8) is 0 Å². The van der Waals surface area contributed by atoms with Crippen LogP contribution in [0.1, 0.15) is 42.6 Å². The van der Waals surface area contributed by atoms with E-state index in [0.29, 0.717) is 51.9 Å². The molecule has 7 rings (SSSR count). The number of piperidine rings is 2. The van der Waals surface area contributed by atoms with Gasteiger partial charge in [0.15, 0.2) is 0 Å². The number of urea groups is 2. The van der Waals surface area contributed by atoms with Gasteiger partial charge in [-0.3, -0.25) is 24.1 Å². The van der Waals surface area contributed by atoms with Crippen molar-refractivity contribution in [1.82, 2.24) is 44.5 Å². The molecule has 282 valence electrons. The summed E-state index contributed by atoms with van der Waals surface area (Å²) in [7, 11) is 6.15. The van der Waals surface area contributed by atoms with E-state index in [2.05, 4.69) is 29.5 Å². The number of nitrogens with two attached hydrogens (primary N) is 1. The standard InChI is InChI=1S/C14H16N2O4.C13H20N5O4P.C5H9N3O/c17-13(18)12-7-6-11-8-15(12)14(19)16(11)20-9-10-4-2-1-3-5-10;1-16-7-14-4-10(16)6-21-15-12(19)11-3-2-9-5-17(11)13(20)18(9)22-8-23;1-8-4-7-2-5(8)3-9-6/h1-5,11-12H,6-9H2,(H,17,18);4,7,9,11H,2-3,5-6,8,23H2,1H3,(H,15,19);2,4H,3,6H2,1H3/t11-,12+;9-,11+;/m11./s1. The Bertz CT molecular complexity index is 1660. The Labute approximate surface area is 302 Å². The molecule has 4 bridgehead atoms. The van der Waals surface area contributed by atoms with Gasteiger partial charge in [-0.15, -0.1) is 9.24 Å². The number of benzene rings is 1. The molecule has 0 aliphatic carbocycles. The minimum atomic E-state index is -0.943. The molecule has 6 heterocycles. The molecule has 19 nitrogen and oxygen atoms in total. The number of aryl methyl sites for hydroxylation is 2. The van der Waals surface area contributed by atoms with Gasteiger partial charge in [0.05, 0.1) is 54.9 Å². The zero-order valence-corrected chi connectivity index (χ0v) is 30.2. The van der Waals surface area contributed by atoms with Gasteiger partial charge in [0.25, 0.3) is 5.91 Å². The summed E-state index contributed by atoms with van der Waals surface area (Å²) in [6.07, 6.45) is 9.55. The Hall–Kier alpha value is -4.65. The first-order valence-electron chi connectivity index (χ1n) is 16.7. The topological polar surface area (TPSA) is 212 Å². The smallest absolute Gasteiger partial charge is 0.345 e. The number of aromatic nitrogens is 4. The molecule has 4 N–H and O–H groups in total. The Kier molecular flexibility index (Phi) is 13.5. The Morgan fingerprint density at radius 1 is 0.846 bits per heavy atom. The van der Waals surface area contributed by atoms with Crippen LogP contribution < -0.4 is 11.4 Å². The average Bonchev–Trinajstić information content (AvgIpc) is 3.87. The number of aliphatic carboxylic acids is 1. The van der Waals surface area contributed by atoms with Gasteiger partial charge in [-0.1, -0.05) is 30.3 Å². The lowest BCUT2D eigenvalue weighted by Crippen LogP contribution is -2.49. The Morgan fingerprint density at radius 2 is 1.40 bits per heavy atom. The van der Waals surface area contributed by atoms with Crippen molar-refractivity contribution in [2.75, 3.05) is 19.4 Å². The summed E-state index contributed by atoms with van der Waals surface area (Å²) >= 11 is 0. The summed E-state index contributed by atoms with van der Waals surface area (Å²) in [5.41, 5.74) is 5.22. The van der Waals surface area contributed by atoms with Crippen molar-refractivity contribution >= 4 is 33.2 Å². The van der Waals surface area contributed by atoms with E-state index in [1.54, 1.807) is 29.6 Å². The number of carboxylic acid groups (broad SMARTS) is 1. The normalized spacial score (nSPS) is 21.8. The van der Waals surface area contributed by atoms with Crippen molar-refractivity contribution in [3.05, 3.63) is 72.3 Å². The fourth-order valence-corrected chi connectivity index (χ4v) is 6.47. The average molecular weight is 745 g/mol. The second-order valence-corrected chi connectivity index (χ2v) is 12.8. The number of hydrogen-bond acceptors (Lipinski definition) is 11. The van der Waals surface area contributed by atoms with Gasteiger partial charge in [-0.25, -0.2) is 35.7 Å². The van der Waals surface area contributed by atoms with Crippen LogP contribution in [0, 0.1) is 0 Å². The first-order chi connectivity index (χ1) is 25.1. The maximum Gasteiger partial charge on any atom is 0.345 e. The van der Waals surface area contributed by atoms with Gasteiger partial charge in [-0.2, -0.15) is 10.1 Å². The monoisotopic (exact) mass is 744 g/mol. The van der Waals surface area contributed by atoms with Crippen molar-refractivity contribution < 1.29 is 43.6 Å². The van der Waals surface area contributed by atoms with E-state index in [0.717, 1.165) is 23.4 Å². The highest BCUT2D eigenvalue weighted by molar-refractivity contribution is 7.16. The summed E-state index contributed by atoms with van der Waals surface area (Å²) in [5.74, 6) is 3.59. The molecular weight excluding hydrogens is 699 g/mol. The molecule has 20 heteroatoms. The number of hydroxylamine groups is 5. The molecule has 4 fully saturated rings. The lowest BCUT2D eigenvalue weighted by molar-refractivity contribution is -0.143. The minimum absolute atomic E-state index is 0.0162. The highest BCUT2D eigenvalue weighted by Crippen LogP contribution is 2.31. The molecule has 5 atom stereocenters. The number of imidazole rings is 2. The van der Waals surface area contributed by atoms with Crippen LogP contribution in [0.3, 0.4) is 0 Å². The van der Waals surface area contributed by atoms with E-state index < -0.39 is 18.1 Å². The van der Waals surface area contributed by atoms with E-state index in [9.17, 15) is 19.2 Å². The third-order valence-corrected chi connectivity index (χ3v) is 9.27. The van der Waals surface area contributed by atoms with Crippen molar-refractivity contribution in [2.45, 2.75) is 69.7 Å². The van der Waals surface area contributed by atoms with Gasteiger partial charge in [-0.05, 0) is 31.2 Å². The van der Waals surface area contributed by atoms with E-state index in [4.69, 9.17) is 25.5 Å². The summed E-state index contributed by atoms with van der Waals surface area (Å²) in [5, 5.41) is 11.8. The Morgan fingerprint density at radius 3 is 1.94 bits per heavy atom. The van der Waals surface area contributed by atoms with Crippen LogP contribution in [0.2, 0.25) is 0 Å². The molecule has 2 aromatic heterocycles. The van der Waals surface area contributed by atoms with Crippen LogP contribution in [0.5, 0.6) is 0 Å². The highest BCUT2D eigenvalue weighted by Gasteiger charge is 2.49. The SMILES string of the molecule is Cn1cncc1CON.Cn1cncc1CONC(=O)[C@@H]1CC[C@@H]2CN1C(=O)N2OCP.O=C(O)[C@@H]1CC[C@@H]2CN1C(=O)N2OCc1ccccc1. The van der Waals surface area contributed by atoms with Crippen molar-refractivity contribution in [2.24, 2.45) is 20.0 Å². The molecule has 4 aliphatic rings. The van der Waals surface area contributed by atoms with E-state index in [1.807, 2.05) is 49.0 Å². The third kappa shape index (κ3) is 9.22. The highest BCUT2D eigenvalue weighted by atomic mass is 31.0. The molecular formula is C32H45N10O9P. The number of rotatable bonds is 12. The largest absolute Gasteiger partial charge is 0.480 e.